The van der Waals surface area contributed by atoms with Gasteiger partial charge in [0, 0.05) is 30.0 Å². The number of rotatable bonds is 3. The van der Waals surface area contributed by atoms with Gasteiger partial charge in [0.25, 0.3) is 0 Å². The number of aliphatic hydroxyl groups is 1. The quantitative estimate of drug-likeness (QED) is 0.398. The van der Waals surface area contributed by atoms with Crippen LogP contribution in [-0.2, 0) is 18.9 Å². The monoisotopic (exact) mass is 472 g/mol. The molecule has 1 fully saturated rings. The summed E-state index contributed by atoms with van der Waals surface area (Å²) < 4.78 is 34.3. The number of methoxy groups -OCH3 is 1. The van der Waals surface area contributed by atoms with Gasteiger partial charge in [-0.2, -0.15) is 0 Å². The van der Waals surface area contributed by atoms with Crippen molar-refractivity contribution in [1.29, 1.82) is 0 Å². The first-order valence-electron chi connectivity index (χ1n) is 11.5. The summed E-state index contributed by atoms with van der Waals surface area (Å²) in [6, 6.07) is 3.47. The number of aliphatic hydroxyl groups excluding tert-OH is 1. The van der Waals surface area contributed by atoms with Gasteiger partial charge in [-0.15, -0.1) is 0 Å². The number of hydrogen-bond donors (Lipinski definition) is 1. The Morgan fingerprint density at radius 1 is 1.21 bits per heavy atom. The first kappa shape index (κ1) is 24.5. The number of cyclic esters (lactones) is 1. The zero-order valence-corrected chi connectivity index (χ0v) is 20.1. The van der Waals surface area contributed by atoms with Gasteiger partial charge < -0.3 is 33.2 Å². The molecule has 1 aromatic carbocycles. The predicted molar refractivity (Wildman–Crippen MR) is 125 cm³/mol. The van der Waals surface area contributed by atoms with Crippen molar-refractivity contribution in [3.05, 3.63) is 47.8 Å². The van der Waals surface area contributed by atoms with E-state index in [-0.39, 0.29) is 18.8 Å². The minimum Gasteiger partial charge on any atom is -0.466 e. The fourth-order valence-electron chi connectivity index (χ4n) is 4.28. The average molecular weight is 473 g/mol. The number of fused-ring (bicyclic) bond motifs is 4. The van der Waals surface area contributed by atoms with Crippen LogP contribution in [0.5, 0.6) is 5.75 Å². The second-order valence-corrected chi connectivity index (χ2v) is 9.17. The van der Waals surface area contributed by atoms with Crippen molar-refractivity contribution < 1.29 is 38.0 Å². The van der Waals surface area contributed by atoms with Gasteiger partial charge in [-0.25, -0.2) is 4.79 Å². The standard InChI is InChI=1S/C26H32O8/c1-15-9-10-19(27)24-20(33-26(3,4)34-24)8-6-7-18-17-11-12-30-21(17)13-22(31-14-29-5)23(18)25(28)32-16(15)2/h6-7,9-13,15-16,19-20,24,27H,8,14H2,1-5H3/b7-6+,10-9-/t15-,16+,19?,20+,24-/m1/s1. The van der Waals surface area contributed by atoms with Crippen molar-refractivity contribution in [3.63, 3.8) is 0 Å². The molecule has 2 aromatic rings. The van der Waals surface area contributed by atoms with E-state index in [9.17, 15) is 9.90 Å². The maximum absolute atomic E-state index is 13.4. The van der Waals surface area contributed by atoms with Crippen LogP contribution < -0.4 is 4.74 Å². The highest BCUT2D eigenvalue weighted by Gasteiger charge is 2.43. The molecule has 4 rings (SSSR count). The van der Waals surface area contributed by atoms with Crippen LogP contribution in [0.1, 0.15) is 50.0 Å². The smallest absolute Gasteiger partial charge is 0.342 e. The Morgan fingerprint density at radius 2 is 2.00 bits per heavy atom. The lowest BCUT2D eigenvalue weighted by Gasteiger charge is -2.23. The van der Waals surface area contributed by atoms with Crippen molar-refractivity contribution in [2.75, 3.05) is 13.9 Å². The number of carbonyl (C=O) groups excluding carboxylic acids is 1. The highest BCUT2D eigenvalue weighted by molar-refractivity contribution is 6.04. The van der Waals surface area contributed by atoms with Crippen LogP contribution in [0.4, 0.5) is 0 Å². The Labute approximate surface area is 199 Å². The molecular formula is C26H32O8. The fourth-order valence-corrected chi connectivity index (χ4v) is 4.28. The maximum atomic E-state index is 13.4. The summed E-state index contributed by atoms with van der Waals surface area (Å²) in [5.41, 5.74) is 1.48. The summed E-state index contributed by atoms with van der Waals surface area (Å²) in [7, 11) is 1.51. The molecule has 0 amide bonds. The fraction of sp³-hybridized carbons (Fsp3) is 0.500. The molecule has 0 saturated carbocycles. The lowest BCUT2D eigenvalue weighted by Crippen LogP contribution is -2.34. The molecule has 8 heteroatoms. The molecule has 5 atom stereocenters. The molecule has 184 valence electrons. The molecule has 1 unspecified atom stereocenters. The van der Waals surface area contributed by atoms with E-state index in [4.69, 9.17) is 28.1 Å². The van der Waals surface area contributed by atoms with Crippen molar-refractivity contribution in [3.8, 4) is 5.75 Å². The first-order chi connectivity index (χ1) is 16.2. The minimum atomic E-state index is -0.865. The zero-order valence-electron chi connectivity index (χ0n) is 20.1. The Morgan fingerprint density at radius 3 is 2.76 bits per heavy atom. The second-order valence-electron chi connectivity index (χ2n) is 9.17. The van der Waals surface area contributed by atoms with Gasteiger partial charge in [0.2, 0.25) is 0 Å². The molecular weight excluding hydrogens is 440 g/mol. The number of esters is 1. The van der Waals surface area contributed by atoms with E-state index in [1.165, 1.54) is 7.11 Å². The molecule has 3 heterocycles. The van der Waals surface area contributed by atoms with Crippen LogP contribution in [0.25, 0.3) is 17.0 Å². The third kappa shape index (κ3) is 5.05. The number of carbonyl (C=O) groups is 1. The first-order valence-corrected chi connectivity index (χ1v) is 11.5. The molecule has 1 N–H and O–H groups in total. The largest absolute Gasteiger partial charge is 0.466 e. The van der Waals surface area contributed by atoms with E-state index in [1.54, 1.807) is 24.5 Å². The number of benzene rings is 1. The Bertz CT molecular complexity index is 1080. The molecule has 0 spiro atoms. The van der Waals surface area contributed by atoms with Gasteiger partial charge in [0.1, 0.15) is 35.2 Å². The predicted octanol–water partition coefficient (Wildman–Crippen LogP) is 4.45. The molecule has 1 saturated heterocycles. The maximum Gasteiger partial charge on any atom is 0.342 e. The van der Waals surface area contributed by atoms with Crippen LogP contribution in [0, 0.1) is 5.92 Å². The van der Waals surface area contributed by atoms with Crippen molar-refractivity contribution >= 4 is 23.0 Å². The lowest BCUT2D eigenvalue weighted by molar-refractivity contribution is -0.152. The second kappa shape index (κ2) is 9.92. The lowest BCUT2D eigenvalue weighted by atomic mass is 9.97. The van der Waals surface area contributed by atoms with E-state index < -0.39 is 30.1 Å². The van der Waals surface area contributed by atoms with Crippen LogP contribution in [-0.4, -0.2) is 55.2 Å². The molecule has 8 nitrogen and oxygen atoms in total. The summed E-state index contributed by atoms with van der Waals surface area (Å²) >= 11 is 0. The number of furan rings is 1. The topological polar surface area (TPSA) is 96.6 Å². The van der Waals surface area contributed by atoms with E-state index in [1.807, 2.05) is 45.9 Å². The van der Waals surface area contributed by atoms with E-state index in [0.29, 0.717) is 28.9 Å². The van der Waals surface area contributed by atoms with Gasteiger partial charge in [-0.1, -0.05) is 31.2 Å². The minimum absolute atomic E-state index is 0.0355. The van der Waals surface area contributed by atoms with Crippen LogP contribution >= 0.6 is 0 Å². The Balaban J connectivity index is 1.82. The summed E-state index contributed by atoms with van der Waals surface area (Å²) in [5.74, 6) is -1.18. The molecule has 1 aromatic heterocycles. The summed E-state index contributed by atoms with van der Waals surface area (Å²) in [6.45, 7) is 7.35. The third-order valence-corrected chi connectivity index (χ3v) is 6.16. The van der Waals surface area contributed by atoms with Crippen LogP contribution in [0.3, 0.4) is 0 Å². The van der Waals surface area contributed by atoms with Gasteiger partial charge >= 0.3 is 5.97 Å². The molecule has 34 heavy (non-hydrogen) atoms. The normalized spacial score (nSPS) is 31.2. The Hall–Kier alpha value is -2.65. The van der Waals surface area contributed by atoms with Crippen LogP contribution in [0.2, 0.25) is 0 Å². The average Bonchev–Trinajstić information content (AvgIpc) is 3.38. The summed E-state index contributed by atoms with van der Waals surface area (Å²) in [6.07, 6.45) is 7.04. The summed E-state index contributed by atoms with van der Waals surface area (Å²) in [4.78, 5) is 13.4. The van der Waals surface area contributed by atoms with Crippen molar-refractivity contribution in [2.24, 2.45) is 5.92 Å². The van der Waals surface area contributed by atoms with Gasteiger partial charge in [-0.3, -0.25) is 0 Å². The van der Waals surface area contributed by atoms with Gasteiger partial charge in [0.15, 0.2) is 12.6 Å². The number of hydrogen-bond acceptors (Lipinski definition) is 8. The van der Waals surface area contributed by atoms with E-state index in [2.05, 4.69) is 0 Å². The molecule has 2 aliphatic rings. The third-order valence-electron chi connectivity index (χ3n) is 6.16. The molecule has 0 bridgehead atoms. The van der Waals surface area contributed by atoms with Crippen LogP contribution in [0.15, 0.2) is 41.0 Å². The zero-order chi connectivity index (χ0) is 24.5. The summed E-state index contributed by atoms with van der Waals surface area (Å²) in [5, 5.41) is 11.6. The van der Waals surface area contributed by atoms with E-state index in [0.717, 1.165) is 5.39 Å². The molecule has 0 aliphatic carbocycles. The van der Waals surface area contributed by atoms with Gasteiger partial charge in [0.05, 0.1) is 12.4 Å². The molecule has 2 aliphatic heterocycles. The molecule has 0 radical (unpaired) electrons. The van der Waals surface area contributed by atoms with Crippen molar-refractivity contribution in [2.45, 2.75) is 64.3 Å². The van der Waals surface area contributed by atoms with Crippen molar-refractivity contribution in [1.82, 2.24) is 0 Å². The number of ether oxygens (including phenoxy) is 5. The van der Waals surface area contributed by atoms with Gasteiger partial charge in [-0.05, 0) is 33.3 Å². The van der Waals surface area contributed by atoms with E-state index >= 15 is 0 Å². The highest BCUT2D eigenvalue weighted by atomic mass is 16.8. The SMILES string of the molecule is COCOc1cc2occc2c2c1C(=O)O[C@@H](C)[C@H](C)/C=C\C(O)[C@H]1OC(C)(C)O[C@H]1C/C=C/2. The highest BCUT2D eigenvalue weighted by Crippen LogP contribution is 2.36. The Kier molecular flexibility index (Phi) is 7.14.